The number of halogens is 2. The number of rotatable bonds is 2. The first-order valence-electron chi connectivity index (χ1n) is 6.44. The molecule has 0 saturated carbocycles. The van der Waals surface area contributed by atoms with Crippen LogP contribution in [0.4, 0.5) is 8.78 Å². The van der Waals surface area contributed by atoms with Crippen LogP contribution < -0.4 is 0 Å². The Morgan fingerprint density at radius 3 is 2.68 bits per heavy atom. The fraction of sp³-hybridized carbons (Fsp3) is 0. The molecule has 5 nitrogen and oxygen atoms in total. The summed E-state index contributed by atoms with van der Waals surface area (Å²) in [6, 6.07) is 7.08. The van der Waals surface area contributed by atoms with Gasteiger partial charge >= 0.3 is 0 Å². The van der Waals surface area contributed by atoms with Crippen molar-refractivity contribution in [3.8, 4) is 22.8 Å². The van der Waals surface area contributed by atoms with E-state index in [1.807, 2.05) is 6.07 Å². The van der Waals surface area contributed by atoms with Crippen LogP contribution in [0.5, 0.6) is 0 Å². The highest BCUT2D eigenvalue weighted by molar-refractivity contribution is 5.90. The molecule has 1 N–H and O–H groups in total. The number of pyridine rings is 1. The molecular formula is C15H8F2N4O. The van der Waals surface area contributed by atoms with Crippen LogP contribution in [0, 0.1) is 11.6 Å². The number of hydrogen-bond donors (Lipinski definition) is 1. The number of nitrogens with one attached hydrogen (secondary N) is 1. The lowest BCUT2D eigenvalue weighted by Crippen LogP contribution is -1.90. The molecule has 22 heavy (non-hydrogen) atoms. The van der Waals surface area contributed by atoms with Gasteiger partial charge in [0.2, 0.25) is 5.82 Å². The van der Waals surface area contributed by atoms with Crippen molar-refractivity contribution in [2.45, 2.75) is 0 Å². The molecule has 0 aliphatic heterocycles. The molecule has 0 aliphatic carbocycles. The molecule has 4 aromatic rings. The van der Waals surface area contributed by atoms with E-state index in [0.717, 1.165) is 17.5 Å². The van der Waals surface area contributed by atoms with Crippen LogP contribution in [0.1, 0.15) is 0 Å². The van der Waals surface area contributed by atoms with Crippen LogP contribution >= 0.6 is 0 Å². The molecule has 4 rings (SSSR count). The lowest BCUT2D eigenvalue weighted by Gasteiger charge is -1.98. The van der Waals surface area contributed by atoms with Crippen molar-refractivity contribution in [3.05, 3.63) is 54.4 Å². The minimum absolute atomic E-state index is 0.203. The maximum atomic E-state index is 13.8. The largest absolute Gasteiger partial charge is 0.346 e. The number of aromatic nitrogens is 4. The summed E-state index contributed by atoms with van der Waals surface area (Å²) in [5.74, 6) is -1.47. The van der Waals surface area contributed by atoms with E-state index in [9.17, 15) is 8.78 Å². The van der Waals surface area contributed by atoms with E-state index in [-0.39, 0.29) is 17.3 Å². The normalized spacial score (nSPS) is 11.2. The highest BCUT2D eigenvalue weighted by Crippen LogP contribution is 2.29. The summed E-state index contributed by atoms with van der Waals surface area (Å²) >= 11 is 0. The van der Waals surface area contributed by atoms with Gasteiger partial charge in [-0.15, -0.1) is 0 Å². The molecule has 0 aliphatic rings. The average molecular weight is 298 g/mol. The fourth-order valence-corrected chi connectivity index (χ4v) is 2.29. The summed E-state index contributed by atoms with van der Waals surface area (Å²) in [7, 11) is 0. The zero-order valence-electron chi connectivity index (χ0n) is 11.0. The Balaban J connectivity index is 1.87. The van der Waals surface area contributed by atoms with Crippen LogP contribution in [-0.4, -0.2) is 20.1 Å². The van der Waals surface area contributed by atoms with Crippen molar-refractivity contribution in [2.24, 2.45) is 0 Å². The van der Waals surface area contributed by atoms with Crippen LogP contribution in [0.15, 0.2) is 47.2 Å². The van der Waals surface area contributed by atoms with E-state index in [4.69, 9.17) is 4.52 Å². The first-order valence-corrected chi connectivity index (χ1v) is 6.44. The van der Waals surface area contributed by atoms with E-state index in [1.165, 1.54) is 6.07 Å². The number of benzene rings is 1. The summed E-state index contributed by atoms with van der Waals surface area (Å²) < 4.78 is 32.6. The highest BCUT2D eigenvalue weighted by Gasteiger charge is 2.19. The quantitative estimate of drug-likeness (QED) is 0.614. The third kappa shape index (κ3) is 1.86. The number of fused-ring (bicyclic) bond motifs is 1. The maximum absolute atomic E-state index is 13.8. The summed E-state index contributed by atoms with van der Waals surface area (Å²) in [6.45, 7) is 0. The van der Waals surface area contributed by atoms with Crippen molar-refractivity contribution in [1.82, 2.24) is 20.1 Å². The second-order valence-electron chi connectivity index (χ2n) is 4.62. The van der Waals surface area contributed by atoms with Gasteiger partial charge in [-0.3, -0.25) is 0 Å². The molecule has 0 bridgehead atoms. The van der Waals surface area contributed by atoms with Gasteiger partial charge in [-0.1, -0.05) is 11.2 Å². The zero-order chi connectivity index (χ0) is 15.1. The van der Waals surface area contributed by atoms with Crippen molar-refractivity contribution in [2.75, 3.05) is 0 Å². The second kappa shape index (κ2) is 4.73. The van der Waals surface area contributed by atoms with Crippen LogP contribution in [-0.2, 0) is 0 Å². The Bertz CT molecular complexity index is 956. The molecule has 3 aromatic heterocycles. The van der Waals surface area contributed by atoms with E-state index in [1.54, 1.807) is 18.5 Å². The Morgan fingerprint density at radius 1 is 1.05 bits per heavy atom. The summed E-state index contributed by atoms with van der Waals surface area (Å²) in [4.78, 5) is 11.2. The molecule has 0 atom stereocenters. The minimum atomic E-state index is -0.753. The SMILES string of the molecule is Fc1cccc(F)c1-c1nc(-c2ccnc3[nH]ccc23)no1. The van der Waals surface area contributed by atoms with Crippen molar-refractivity contribution in [1.29, 1.82) is 0 Å². The molecule has 0 radical (unpaired) electrons. The topological polar surface area (TPSA) is 67.6 Å². The van der Waals surface area contributed by atoms with Crippen molar-refractivity contribution >= 4 is 11.0 Å². The van der Waals surface area contributed by atoms with E-state index in [0.29, 0.717) is 11.2 Å². The number of H-pyrrole nitrogens is 1. The van der Waals surface area contributed by atoms with Crippen molar-refractivity contribution < 1.29 is 13.3 Å². The Kier molecular flexibility index (Phi) is 2.72. The number of hydrogen-bond acceptors (Lipinski definition) is 4. The Hall–Kier alpha value is -3.09. The van der Waals surface area contributed by atoms with E-state index in [2.05, 4.69) is 20.1 Å². The van der Waals surface area contributed by atoms with Crippen LogP contribution in [0.2, 0.25) is 0 Å². The predicted octanol–water partition coefficient (Wildman–Crippen LogP) is 3.56. The first-order chi connectivity index (χ1) is 10.7. The second-order valence-corrected chi connectivity index (χ2v) is 4.62. The molecule has 0 saturated heterocycles. The Labute approximate surface area is 122 Å². The monoisotopic (exact) mass is 298 g/mol. The molecule has 0 amide bonds. The molecule has 108 valence electrons. The lowest BCUT2D eigenvalue weighted by molar-refractivity contribution is 0.426. The van der Waals surface area contributed by atoms with Gasteiger partial charge in [0.15, 0.2) is 0 Å². The lowest BCUT2D eigenvalue weighted by atomic mass is 10.1. The third-order valence-corrected chi connectivity index (χ3v) is 3.30. The standard InChI is InChI=1S/C15H8F2N4O/c16-10-2-1-3-11(17)12(10)15-20-14(21-22-15)9-5-7-19-13-8(9)4-6-18-13/h1-7H,(H,18,19). The molecule has 3 heterocycles. The first kappa shape index (κ1) is 12.6. The van der Waals surface area contributed by atoms with Gasteiger partial charge in [0.1, 0.15) is 22.8 Å². The van der Waals surface area contributed by atoms with Gasteiger partial charge in [0.25, 0.3) is 5.89 Å². The van der Waals surface area contributed by atoms with E-state index >= 15 is 0 Å². The molecule has 0 fully saturated rings. The average Bonchev–Trinajstić information content (AvgIpc) is 3.15. The molecule has 1 aromatic carbocycles. The molecule has 0 unspecified atom stereocenters. The fourth-order valence-electron chi connectivity index (χ4n) is 2.29. The number of nitrogens with zero attached hydrogens (tertiary/aromatic N) is 3. The van der Waals surface area contributed by atoms with Gasteiger partial charge in [-0.2, -0.15) is 4.98 Å². The summed E-state index contributed by atoms with van der Waals surface area (Å²) in [5.41, 5.74) is 1.000. The predicted molar refractivity (Wildman–Crippen MR) is 74.7 cm³/mol. The minimum Gasteiger partial charge on any atom is -0.346 e. The summed E-state index contributed by atoms with van der Waals surface area (Å²) in [6.07, 6.45) is 3.33. The van der Waals surface area contributed by atoms with Gasteiger partial charge in [0.05, 0.1) is 0 Å². The highest BCUT2D eigenvalue weighted by atomic mass is 19.1. The third-order valence-electron chi connectivity index (χ3n) is 3.30. The summed E-state index contributed by atoms with van der Waals surface area (Å²) in [5, 5.41) is 4.61. The van der Waals surface area contributed by atoms with Gasteiger partial charge < -0.3 is 9.51 Å². The van der Waals surface area contributed by atoms with Gasteiger partial charge in [0, 0.05) is 23.3 Å². The molecular weight excluding hydrogens is 290 g/mol. The molecule has 7 heteroatoms. The molecule has 0 spiro atoms. The smallest absolute Gasteiger partial charge is 0.264 e. The number of aromatic amines is 1. The van der Waals surface area contributed by atoms with Gasteiger partial charge in [-0.05, 0) is 24.3 Å². The maximum Gasteiger partial charge on any atom is 0.264 e. The Morgan fingerprint density at radius 2 is 1.86 bits per heavy atom. The zero-order valence-corrected chi connectivity index (χ0v) is 11.0. The van der Waals surface area contributed by atoms with Crippen LogP contribution in [0.3, 0.4) is 0 Å². The van der Waals surface area contributed by atoms with Crippen LogP contribution in [0.25, 0.3) is 33.9 Å². The van der Waals surface area contributed by atoms with E-state index < -0.39 is 11.6 Å². The van der Waals surface area contributed by atoms with Crippen molar-refractivity contribution in [3.63, 3.8) is 0 Å². The van der Waals surface area contributed by atoms with Gasteiger partial charge in [-0.25, -0.2) is 13.8 Å².